The van der Waals surface area contributed by atoms with E-state index in [2.05, 4.69) is 15.5 Å². The molecule has 0 saturated carbocycles. The van der Waals surface area contributed by atoms with Gasteiger partial charge in [-0.15, -0.1) is 11.3 Å². The fourth-order valence-corrected chi connectivity index (χ4v) is 7.11. The van der Waals surface area contributed by atoms with E-state index in [1.54, 1.807) is 13.0 Å². The van der Waals surface area contributed by atoms with Crippen LogP contribution in [0.25, 0.3) is 10.7 Å². The van der Waals surface area contributed by atoms with Gasteiger partial charge in [0.15, 0.2) is 0 Å². The molecule has 1 N–H and O–H groups in total. The number of benzene rings is 1. The van der Waals surface area contributed by atoms with E-state index in [1.165, 1.54) is 15.6 Å². The summed E-state index contributed by atoms with van der Waals surface area (Å²) < 4.78 is 33.8. The first-order chi connectivity index (χ1) is 16.2. The van der Waals surface area contributed by atoms with Gasteiger partial charge in [0, 0.05) is 29.6 Å². The number of thiophene rings is 1. The highest BCUT2D eigenvalue weighted by atomic mass is 32.2. The summed E-state index contributed by atoms with van der Waals surface area (Å²) in [5, 5.41) is 7.01. The van der Waals surface area contributed by atoms with Crippen LogP contribution >= 0.6 is 11.3 Å². The Morgan fingerprint density at radius 3 is 2.79 bits per heavy atom. The molecule has 1 aliphatic rings. The van der Waals surface area contributed by atoms with Gasteiger partial charge in [0.25, 0.3) is 0 Å². The summed E-state index contributed by atoms with van der Waals surface area (Å²) in [6, 6.07) is 9.31. The summed E-state index contributed by atoms with van der Waals surface area (Å²) in [5.74, 6) is 0.448. The molecule has 0 unspecified atom stereocenters. The Bertz CT molecular complexity index is 1280. The van der Waals surface area contributed by atoms with Crippen molar-refractivity contribution < 1.29 is 17.7 Å². The molecule has 1 amide bonds. The van der Waals surface area contributed by atoms with Crippen molar-refractivity contribution in [2.75, 3.05) is 18.4 Å². The van der Waals surface area contributed by atoms with Gasteiger partial charge in [0.2, 0.25) is 27.6 Å². The topological polar surface area (TPSA) is 105 Å². The quantitative estimate of drug-likeness (QED) is 0.496. The Morgan fingerprint density at radius 2 is 2.09 bits per heavy atom. The summed E-state index contributed by atoms with van der Waals surface area (Å²) in [5.41, 5.74) is 1.84. The van der Waals surface area contributed by atoms with Gasteiger partial charge < -0.3 is 9.84 Å². The van der Waals surface area contributed by atoms with Gasteiger partial charge in [-0.3, -0.25) is 4.79 Å². The molecule has 0 radical (unpaired) electrons. The molecule has 3 aromatic rings. The number of piperidine rings is 1. The molecule has 3 heterocycles. The normalized spacial score (nSPS) is 17.3. The first kappa shape index (κ1) is 24.6. The molecule has 1 saturated heterocycles. The highest BCUT2D eigenvalue weighted by Gasteiger charge is 2.35. The minimum atomic E-state index is -3.76. The number of hydrogen-bond donors (Lipinski definition) is 1. The van der Waals surface area contributed by atoms with Gasteiger partial charge in [-0.25, -0.2) is 8.42 Å². The van der Waals surface area contributed by atoms with Crippen LogP contribution in [0.1, 0.15) is 55.9 Å². The van der Waals surface area contributed by atoms with Crippen LogP contribution in [0.4, 0.5) is 5.69 Å². The lowest BCUT2D eigenvalue weighted by Crippen LogP contribution is -2.43. The van der Waals surface area contributed by atoms with Gasteiger partial charge in [-0.2, -0.15) is 9.29 Å². The lowest BCUT2D eigenvalue weighted by molar-refractivity contribution is -0.120. The van der Waals surface area contributed by atoms with Gasteiger partial charge in [-0.05, 0) is 43.9 Å². The van der Waals surface area contributed by atoms with E-state index in [0.717, 1.165) is 17.7 Å². The highest BCUT2D eigenvalue weighted by Crippen LogP contribution is 2.35. The lowest BCUT2D eigenvalue weighted by Gasteiger charge is -2.31. The number of carbonyl (C=O) groups excluding carboxylic acids is 1. The molecule has 8 nitrogen and oxygen atoms in total. The number of amides is 1. The van der Waals surface area contributed by atoms with Crippen LogP contribution in [-0.2, 0) is 21.2 Å². The Balaban J connectivity index is 1.52. The number of anilines is 1. The van der Waals surface area contributed by atoms with E-state index in [1.807, 2.05) is 45.0 Å². The van der Waals surface area contributed by atoms with Crippen molar-refractivity contribution in [1.82, 2.24) is 14.4 Å². The monoisotopic (exact) mass is 502 g/mol. The Labute approximate surface area is 204 Å². The van der Waals surface area contributed by atoms with Crippen LogP contribution < -0.4 is 5.32 Å². The molecule has 34 heavy (non-hydrogen) atoms. The van der Waals surface area contributed by atoms with E-state index in [9.17, 15) is 13.2 Å². The fraction of sp³-hybridized carbons (Fsp3) is 0.458. The maximum absolute atomic E-state index is 13.5. The first-order valence-electron chi connectivity index (χ1n) is 11.5. The number of carbonyl (C=O) groups is 1. The number of nitrogens with one attached hydrogen (secondary N) is 1. The predicted octanol–water partition coefficient (Wildman–Crippen LogP) is 4.83. The molecule has 1 aliphatic heterocycles. The summed E-state index contributed by atoms with van der Waals surface area (Å²) in [4.78, 5) is 18.9. The Hall–Kier alpha value is -2.56. The minimum absolute atomic E-state index is 0.0891. The van der Waals surface area contributed by atoms with Crippen LogP contribution in [0.2, 0.25) is 0 Å². The zero-order chi connectivity index (χ0) is 24.5. The molecule has 182 valence electrons. The summed E-state index contributed by atoms with van der Waals surface area (Å²) in [6.07, 6.45) is 2.09. The number of para-hydroxylation sites is 1. The number of nitrogens with zero attached hydrogens (tertiary/aromatic N) is 3. The van der Waals surface area contributed by atoms with Crippen LogP contribution in [0.5, 0.6) is 0 Å². The molecule has 0 bridgehead atoms. The smallest absolute Gasteiger partial charge is 0.244 e. The van der Waals surface area contributed by atoms with Crippen LogP contribution in [0, 0.1) is 12.8 Å². The van der Waals surface area contributed by atoms with Crippen molar-refractivity contribution in [2.45, 2.75) is 57.8 Å². The third-order valence-corrected chi connectivity index (χ3v) is 9.22. The molecule has 10 heteroatoms. The number of sulfonamides is 1. The zero-order valence-electron chi connectivity index (χ0n) is 19.9. The molecule has 2 aromatic heterocycles. The van der Waals surface area contributed by atoms with Gasteiger partial charge in [0.1, 0.15) is 0 Å². The summed E-state index contributed by atoms with van der Waals surface area (Å²) >= 11 is 1.33. The second-order valence-corrected chi connectivity index (χ2v) is 12.0. The SMILES string of the molecule is CCc1ccccc1NC(=O)[C@@H]1CCCN(S(=O)(=O)c2cc(-c3noc(C(C)C)n3)sc2C)C1. The molecule has 1 aromatic carbocycles. The van der Waals surface area contributed by atoms with Crippen LogP contribution in [-0.4, -0.2) is 41.9 Å². The Morgan fingerprint density at radius 1 is 1.32 bits per heavy atom. The highest BCUT2D eigenvalue weighted by molar-refractivity contribution is 7.89. The van der Waals surface area contributed by atoms with E-state index < -0.39 is 15.9 Å². The van der Waals surface area contributed by atoms with E-state index in [-0.39, 0.29) is 23.3 Å². The number of rotatable bonds is 7. The third-order valence-electron chi connectivity index (χ3n) is 6.06. The Kier molecular flexibility index (Phi) is 7.20. The van der Waals surface area contributed by atoms with Gasteiger partial charge in [-0.1, -0.05) is 44.1 Å². The number of aryl methyl sites for hydroxylation is 2. The maximum Gasteiger partial charge on any atom is 0.244 e. The predicted molar refractivity (Wildman–Crippen MR) is 132 cm³/mol. The first-order valence-corrected chi connectivity index (χ1v) is 13.8. The number of hydrogen-bond acceptors (Lipinski definition) is 7. The molecular formula is C24H30N4O4S2. The summed E-state index contributed by atoms with van der Waals surface area (Å²) in [7, 11) is -3.76. The van der Waals surface area contributed by atoms with E-state index >= 15 is 0 Å². The van der Waals surface area contributed by atoms with Crippen molar-refractivity contribution in [2.24, 2.45) is 5.92 Å². The second kappa shape index (κ2) is 9.97. The largest absolute Gasteiger partial charge is 0.339 e. The maximum atomic E-state index is 13.5. The average molecular weight is 503 g/mol. The third kappa shape index (κ3) is 4.94. The minimum Gasteiger partial charge on any atom is -0.339 e. The molecule has 1 fully saturated rings. The van der Waals surface area contributed by atoms with Crippen LogP contribution in [0.15, 0.2) is 39.8 Å². The molecule has 0 spiro atoms. The van der Waals surface area contributed by atoms with Crippen molar-refractivity contribution >= 4 is 33.0 Å². The molecule has 1 atom stereocenters. The zero-order valence-corrected chi connectivity index (χ0v) is 21.5. The van der Waals surface area contributed by atoms with Crippen molar-refractivity contribution in [3.05, 3.63) is 46.7 Å². The second-order valence-electron chi connectivity index (χ2n) is 8.84. The molecular weight excluding hydrogens is 472 g/mol. The van der Waals surface area contributed by atoms with Crippen molar-refractivity contribution in [3.8, 4) is 10.7 Å². The van der Waals surface area contributed by atoms with Crippen molar-refractivity contribution in [1.29, 1.82) is 0 Å². The standard InChI is InChI=1S/C24H30N4O4S2/c1-5-17-9-6-7-11-19(17)25-23(29)18-10-8-12-28(14-18)34(30,31)21-13-20(33-16(21)4)22-26-24(15(2)3)32-27-22/h6-7,9,11,13,15,18H,5,8,10,12,14H2,1-4H3,(H,25,29)/t18-/m1/s1. The fourth-order valence-electron chi connectivity index (χ4n) is 4.10. The van der Waals surface area contributed by atoms with Crippen LogP contribution in [0.3, 0.4) is 0 Å². The van der Waals surface area contributed by atoms with E-state index in [4.69, 9.17) is 4.52 Å². The average Bonchev–Trinajstić information content (AvgIpc) is 3.47. The van der Waals surface area contributed by atoms with Gasteiger partial charge >= 0.3 is 0 Å². The number of aromatic nitrogens is 2. The molecule has 4 rings (SSSR count). The van der Waals surface area contributed by atoms with Crippen molar-refractivity contribution in [3.63, 3.8) is 0 Å². The van der Waals surface area contributed by atoms with Gasteiger partial charge in [0.05, 0.1) is 15.7 Å². The molecule has 0 aliphatic carbocycles. The summed E-state index contributed by atoms with van der Waals surface area (Å²) in [6.45, 7) is 8.28. The lowest BCUT2D eigenvalue weighted by atomic mass is 9.98. The van der Waals surface area contributed by atoms with E-state index in [0.29, 0.717) is 40.9 Å².